The highest BCUT2D eigenvalue weighted by Crippen LogP contribution is 2.22. The minimum atomic E-state index is 0.422. The molecule has 0 radical (unpaired) electrons. The molecule has 0 unspecified atom stereocenters. The third kappa shape index (κ3) is 2.21. The smallest absolute Gasteiger partial charge is 0.176 e. The molecule has 0 aromatic carbocycles. The Bertz CT molecular complexity index is 483. The van der Waals surface area contributed by atoms with Crippen molar-refractivity contribution in [2.75, 3.05) is 0 Å². The number of H-pyrrole nitrogens is 1. The Balaban J connectivity index is 2.35. The van der Waals surface area contributed by atoms with Crippen molar-refractivity contribution in [3.05, 3.63) is 12.0 Å². The highest BCUT2D eigenvalue weighted by molar-refractivity contribution is 5.70. The quantitative estimate of drug-likeness (QED) is 0.858. The number of aromatic nitrogens is 4. The van der Waals surface area contributed by atoms with Gasteiger partial charge >= 0.3 is 0 Å². The van der Waals surface area contributed by atoms with Gasteiger partial charge in [0.05, 0.1) is 12.2 Å². The van der Waals surface area contributed by atoms with Crippen LogP contribution in [0.4, 0.5) is 0 Å². The predicted molar refractivity (Wildman–Crippen MR) is 70.2 cm³/mol. The number of imidazole rings is 1. The van der Waals surface area contributed by atoms with Gasteiger partial charge < -0.3 is 4.98 Å². The van der Waals surface area contributed by atoms with E-state index in [1.165, 1.54) is 6.42 Å². The van der Waals surface area contributed by atoms with Gasteiger partial charge in [-0.15, -0.1) is 0 Å². The second-order valence-corrected chi connectivity index (χ2v) is 4.90. The Kier molecular flexibility index (Phi) is 3.50. The average Bonchev–Trinajstić information content (AvgIpc) is 2.87. The fourth-order valence-corrected chi connectivity index (χ4v) is 2.12. The van der Waals surface area contributed by atoms with Gasteiger partial charge in [-0.25, -0.2) is 9.67 Å². The number of nitrogens with zero attached hydrogens (tertiary/aromatic N) is 3. The van der Waals surface area contributed by atoms with Crippen molar-refractivity contribution in [3.63, 3.8) is 0 Å². The van der Waals surface area contributed by atoms with Crippen LogP contribution in [0.25, 0.3) is 11.2 Å². The van der Waals surface area contributed by atoms with E-state index in [0.717, 1.165) is 29.8 Å². The van der Waals surface area contributed by atoms with E-state index < -0.39 is 0 Å². The highest BCUT2D eigenvalue weighted by Gasteiger charge is 2.15. The second kappa shape index (κ2) is 4.90. The first-order valence-electron chi connectivity index (χ1n) is 6.60. The van der Waals surface area contributed by atoms with Gasteiger partial charge in [0, 0.05) is 5.92 Å². The minimum absolute atomic E-state index is 0.422. The number of hydrogen-bond acceptors (Lipinski definition) is 2. The Morgan fingerprint density at radius 1 is 1.35 bits per heavy atom. The maximum atomic E-state index is 4.69. The minimum Gasteiger partial charge on any atom is -0.339 e. The molecule has 0 spiro atoms. The molecule has 0 bridgehead atoms. The van der Waals surface area contributed by atoms with Crippen LogP contribution in [-0.4, -0.2) is 19.7 Å². The van der Waals surface area contributed by atoms with Crippen LogP contribution in [-0.2, 0) is 0 Å². The molecular weight excluding hydrogens is 212 g/mol. The van der Waals surface area contributed by atoms with E-state index in [1.54, 1.807) is 0 Å². The predicted octanol–water partition coefficient (Wildman–Crippen LogP) is 3.63. The topological polar surface area (TPSA) is 46.5 Å². The fourth-order valence-electron chi connectivity index (χ4n) is 2.12. The van der Waals surface area contributed by atoms with Crippen LogP contribution in [0.5, 0.6) is 0 Å². The van der Waals surface area contributed by atoms with Gasteiger partial charge in [0.2, 0.25) is 0 Å². The van der Waals surface area contributed by atoms with E-state index in [4.69, 9.17) is 4.98 Å². The molecule has 2 atom stereocenters. The van der Waals surface area contributed by atoms with E-state index in [0.29, 0.717) is 12.0 Å². The summed E-state index contributed by atoms with van der Waals surface area (Å²) < 4.78 is 2.04. The van der Waals surface area contributed by atoms with Gasteiger partial charge in [-0.05, 0) is 19.8 Å². The molecule has 2 heterocycles. The number of aromatic amines is 1. The lowest BCUT2D eigenvalue weighted by atomic mass is 10.1. The first-order valence-corrected chi connectivity index (χ1v) is 6.60. The Morgan fingerprint density at radius 3 is 2.76 bits per heavy atom. The van der Waals surface area contributed by atoms with Gasteiger partial charge in [-0.3, -0.25) is 0 Å². The molecule has 4 heteroatoms. The summed E-state index contributed by atoms with van der Waals surface area (Å²) in [5.74, 6) is 1.56. The standard InChI is InChI=1S/C13H22N4/c1-5-7-10(4)17-13-11(8-14-17)15-12(16-13)9(3)6-2/h8-10H,5-7H2,1-4H3,(H,15,16)/t9-,10-/m1/s1. The molecule has 0 saturated carbocycles. The lowest BCUT2D eigenvalue weighted by Crippen LogP contribution is -2.07. The first-order chi connectivity index (χ1) is 8.17. The number of hydrogen-bond donors (Lipinski definition) is 1. The van der Waals surface area contributed by atoms with Crippen LogP contribution in [0.1, 0.15) is 64.7 Å². The third-order valence-electron chi connectivity index (χ3n) is 3.46. The summed E-state index contributed by atoms with van der Waals surface area (Å²) in [5.41, 5.74) is 2.06. The van der Waals surface area contributed by atoms with Crippen LogP contribution >= 0.6 is 0 Å². The maximum Gasteiger partial charge on any atom is 0.176 e. The lowest BCUT2D eigenvalue weighted by molar-refractivity contribution is 0.465. The summed E-state index contributed by atoms with van der Waals surface area (Å²) in [7, 11) is 0. The Morgan fingerprint density at radius 2 is 2.12 bits per heavy atom. The molecule has 0 aliphatic rings. The van der Waals surface area contributed by atoms with E-state index in [1.807, 2.05) is 10.9 Å². The van der Waals surface area contributed by atoms with Crippen molar-refractivity contribution < 1.29 is 0 Å². The molecular formula is C13H22N4. The number of rotatable bonds is 5. The maximum absolute atomic E-state index is 4.69. The zero-order valence-electron chi connectivity index (χ0n) is 11.2. The highest BCUT2D eigenvalue weighted by atomic mass is 15.3. The molecule has 0 aliphatic heterocycles. The second-order valence-electron chi connectivity index (χ2n) is 4.90. The largest absolute Gasteiger partial charge is 0.339 e. The number of nitrogens with one attached hydrogen (secondary N) is 1. The molecule has 17 heavy (non-hydrogen) atoms. The van der Waals surface area contributed by atoms with Crippen molar-refractivity contribution >= 4 is 11.2 Å². The van der Waals surface area contributed by atoms with E-state index >= 15 is 0 Å². The van der Waals surface area contributed by atoms with Crippen LogP contribution in [0.15, 0.2) is 6.20 Å². The molecule has 2 rings (SSSR count). The molecule has 0 aliphatic carbocycles. The molecule has 4 nitrogen and oxygen atoms in total. The summed E-state index contributed by atoms with van der Waals surface area (Å²) >= 11 is 0. The Labute approximate surface area is 102 Å². The fraction of sp³-hybridized carbons (Fsp3) is 0.692. The van der Waals surface area contributed by atoms with E-state index in [9.17, 15) is 0 Å². The molecule has 94 valence electrons. The SMILES string of the molecule is CCC[C@@H](C)n1ncc2[nH]c([C@H](C)CC)nc21. The van der Waals surface area contributed by atoms with Gasteiger partial charge in [0.25, 0.3) is 0 Å². The monoisotopic (exact) mass is 234 g/mol. The van der Waals surface area contributed by atoms with E-state index in [2.05, 4.69) is 37.8 Å². The van der Waals surface area contributed by atoms with Gasteiger partial charge in [0.15, 0.2) is 5.65 Å². The first kappa shape index (κ1) is 12.1. The van der Waals surface area contributed by atoms with Crippen LogP contribution < -0.4 is 0 Å². The number of fused-ring (bicyclic) bond motifs is 1. The van der Waals surface area contributed by atoms with Crippen LogP contribution in [0.2, 0.25) is 0 Å². The summed E-state index contributed by atoms with van der Waals surface area (Å²) in [4.78, 5) is 8.06. The van der Waals surface area contributed by atoms with Crippen molar-refractivity contribution in [1.29, 1.82) is 0 Å². The Hall–Kier alpha value is -1.32. The third-order valence-corrected chi connectivity index (χ3v) is 3.46. The van der Waals surface area contributed by atoms with Crippen molar-refractivity contribution in [3.8, 4) is 0 Å². The van der Waals surface area contributed by atoms with Gasteiger partial charge in [-0.1, -0.05) is 27.2 Å². The molecule has 0 amide bonds. The molecule has 0 saturated heterocycles. The average molecular weight is 234 g/mol. The molecule has 2 aromatic rings. The summed E-state index contributed by atoms with van der Waals surface area (Å²) in [6, 6.07) is 0.422. The van der Waals surface area contributed by atoms with Gasteiger partial charge in [0.1, 0.15) is 11.3 Å². The van der Waals surface area contributed by atoms with Crippen molar-refractivity contribution in [2.24, 2.45) is 0 Å². The summed E-state index contributed by atoms with van der Waals surface area (Å²) in [6.07, 6.45) is 5.31. The molecule has 1 N–H and O–H groups in total. The van der Waals surface area contributed by atoms with Gasteiger partial charge in [-0.2, -0.15) is 5.10 Å². The van der Waals surface area contributed by atoms with Crippen molar-refractivity contribution in [2.45, 2.75) is 58.9 Å². The summed E-state index contributed by atoms with van der Waals surface area (Å²) in [5, 5.41) is 4.42. The summed E-state index contributed by atoms with van der Waals surface area (Å²) in [6.45, 7) is 8.79. The molecule has 2 aromatic heterocycles. The van der Waals surface area contributed by atoms with E-state index in [-0.39, 0.29) is 0 Å². The zero-order chi connectivity index (χ0) is 12.4. The molecule has 0 fully saturated rings. The van der Waals surface area contributed by atoms with Crippen LogP contribution in [0.3, 0.4) is 0 Å². The normalized spacial score (nSPS) is 15.3. The van der Waals surface area contributed by atoms with Crippen molar-refractivity contribution in [1.82, 2.24) is 19.7 Å². The zero-order valence-corrected chi connectivity index (χ0v) is 11.2. The van der Waals surface area contributed by atoms with Crippen LogP contribution in [0, 0.1) is 0 Å². The lowest BCUT2D eigenvalue weighted by Gasteiger charge is -2.10.